The maximum Gasteiger partial charge on any atom is 0.231 e. The van der Waals surface area contributed by atoms with Crippen LogP contribution in [0.5, 0.6) is 11.5 Å². The predicted octanol–water partition coefficient (Wildman–Crippen LogP) is 2.41. The summed E-state index contributed by atoms with van der Waals surface area (Å²) in [5.41, 5.74) is 3.52. The van der Waals surface area contributed by atoms with Gasteiger partial charge in [0.2, 0.25) is 6.79 Å². The molecular weight excluding hydrogens is 266 g/mol. The number of benzene rings is 1. The average Bonchev–Trinajstić information content (AvgIpc) is 3.04. The molecule has 3 rings (SSSR count). The first kappa shape index (κ1) is 13.9. The van der Waals surface area contributed by atoms with Crippen molar-refractivity contribution in [3.8, 4) is 11.5 Å². The second-order valence-electron chi connectivity index (χ2n) is 5.37. The van der Waals surface area contributed by atoms with Crippen molar-refractivity contribution in [3.05, 3.63) is 41.2 Å². The van der Waals surface area contributed by atoms with E-state index >= 15 is 0 Å². The molecule has 0 radical (unpaired) electrons. The third-order valence-electron chi connectivity index (χ3n) is 3.59. The molecule has 0 amide bonds. The molecule has 0 fully saturated rings. The fourth-order valence-electron chi connectivity index (χ4n) is 2.54. The van der Waals surface area contributed by atoms with Crippen LogP contribution in [0, 0.1) is 13.8 Å². The van der Waals surface area contributed by atoms with E-state index < -0.39 is 0 Å². The number of hydrogen-bond donors (Lipinski definition) is 1. The lowest BCUT2D eigenvalue weighted by atomic mass is 10.2. The summed E-state index contributed by atoms with van der Waals surface area (Å²) in [6.45, 7) is 7.21. The van der Waals surface area contributed by atoms with Crippen molar-refractivity contribution in [2.24, 2.45) is 0 Å². The lowest BCUT2D eigenvalue weighted by Crippen LogP contribution is -2.17. The topological polar surface area (TPSA) is 48.3 Å². The van der Waals surface area contributed by atoms with Gasteiger partial charge in [-0.25, -0.2) is 0 Å². The Morgan fingerprint density at radius 2 is 2.05 bits per heavy atom. The first-order chi connectivity index (χ1) is 10.2. The van der Waals surface area contributed by atoms with Gasteiger partial charge in [-0.1, -0.05) is 6.07 Å². The number of fused-ring (bicyclic) bond motifs is 1. The summed E-state index contributed by atoms with van der Waals surface area (Å²) in [5, 5.41) is 7.92. The summed E-state index contributed by atoms with van der Waals surface area (Å²) in [6, 6.07) is 8.19. The number of nitrogens with zero attached hydrogens (tertiary/aromatic N) is 2. The van der Waals surface area contributed by atoms with E-state index in [1.807, 2.05) is 19.1 Å². The molecule has 1 N–H and O–H groups in total. The number of aromatic nitrogens is 2. The van der Waals surface area contributed by atoms with E-state index in [0.29, 0.717) is 6.79 Å². The Hall–Kier alpha value is -2.01. The number of rotatable bonds is 6. The Kier molecular flexibility index (Phi) is 4.10. The van der Waals surface area contributed by atoms with Gasteiger partial charge in [0.05, 0.1) is 5.69 Å². The van der Waals surface area contributed by atoms with Crippen LogP contribution in [-0.2, 0) is 13.1 Å². The van der Waals surface area contributed by atoms with E-state index in [4.69, 9.17) is 9.47 Å². The Morgan fingerprint density at radius 3 is 2.86 bits per heavy atom. The Labute approximate surface area is 124 Å². The van der Waals surface area contributed by atoms with Crippen molar-refractivity contribution in [3.63, 3.8) is 0 Å². The van der Waals surface area contributed by atoms with Crippen LogP contribution in [0.3, 0.4) is 0 Å². The van der Waals surface area contributed by atoms with E-state index in [0.717, 1.165) is 43.2 Å². The molecule has 2 heterocycles. The molecule has 1 aromatic heterocycles. The van der Waals surface area contributed by atoms with Crippen LogP contribution < -0.4 is 14.8 Å². The van der Waals surface area contributed by atoms with Crippen molar-refractivity contribution >= 4 is 0 Å². The minimum Gasteiger partial charge on any atom is -0.454 e. The van der Waals surface area contributed by atoms with Gasteiger partial charge in [-0.15, -0.1) is 0 Å². The molecule has 0 saturated carbocycles. The number of nitrogens with one attached hydrogen (secondary N) is 1. The predicted molar refractivity (Wildman–Crippen MR) is 80.6 cm³/mol. The van der Waals surface area contributed by atoms with Crippen molar-refractivity contribution in [2.45, 2.75) is 33.4 Å². The molecule has 5 heteroatoms. The van der Waals surface area contributed by atoms with Gasteiger partial charge in [0.1, 0.15) is 0 Å². The molecule has 0 atom stereocenters. The SMILES string of the molecule is Cc1cc(C)n(CCCNCc2ccc3c(c2)OCO3)n1. The smallest absolute Gasteiger partial charge is 0.231 e. The molecule has 112 valence electrons. The Morgan fingerprint density at radius 1 is 1.19 bits per heavy atom. The fourth-order valence-corrected chi connectivity index (χ4v) is 2.54. The molecule has 0 spiro atoms. The van der Waals surface area contributed by atoms with Gasteiger partial charge < -0.3 is 14.8 Å². The number of hydrogen-bond acceptors (Lipinski definition) is 4. The molecule has 1 aromatic carbocycles. The lowest BCUT2D eigenvalue weighted by Gasteiger charge is -2.07. The summed E-state index contributed by atoms with van der Waals surface area (Å²) in [5.74, 6) is 1.68. The highest BCUT2D eigenvalue weighted by atomic mass is 16.7. The Balaban J connectivity index is 1.41. The lowest BCUT2D eigenvalue weighted by molar-refractivity contribution is 0.174. The maximum atomic E-state index is 5.38. The van der Waals surface area contributed by atoms with E-state index in [-0.39, 0.29) is 0 Å². The minimum atomic E-state index is 0.328. The normalized spacial score (nSPS) is 12.9. The highest BCUT2D eigenvalue weighted by Gasteiger charge is 2.12. The fraction of sp³-hybridized carbons (Fsp3) is 0.438. The van der Waals surface area contributed by atoms with Gasteiger partial charge in [-0.05, 0) is 50.6 Å². The highest BCUT2D eigenvalue weighted by Crippen LogP contribution is 2.32. The molecular formula is C16H21N3O2. The number of aryl methyl sites for hydroxylation is 3. The first-order valence-electron chi connectivity index (χ1n) is 7.33. The van der Waals surface area contributed by atoms with E-state index in [1.54, 1.807) is 0 Å². The van der Waals surface area contributed by atoms with Gasteiger partial charge in [0.15, 0.2) is 11.5 Å². The van der Waals surface area contributed by atoms with Crippen molar-refractivity contribution in [2.75, 3.05) is 13.3 Å². The van der Waals surface area contributed by atoms with Crippen molar-refractivity contribution in [1.29, 1.82) is 0 Å². The van der Waals surface area contributed by atoms with Crippen LogP contribution in [0.1, 0.15) is 23.4 Å². The van der Waals surface area contributed by atoms with Crippen LogP contribution in [-0.4, -0.2) is 23.1 Å². The van der Waals surface area contributed by atoms with Crippen LogP contribution in [0.25, 0.3) is 0 Å². The van der Waals surface area contributed by atoms with E-state index in [9.17, 15) is 0 Å². The third kappa shape index (κ3) is 3.36. The molecule has 2 aromatic rings. The largest absolute Gasteiger partial charge is 0.454 e. The highest BCUT2D eigenvalue weighted by molar-refractivity contribution is 5.44. The molecule has 0 aliphatic carbocycles. The molecule has 1 aliphatic rings. The standard InChI is InChI=1S/C16H21N3O2/c1-12-8-13(2)19(18-12)7-3-6-17-10-14-4-5-15-16(9-14)21-11-20-15/h4-5,8-9,17H,3,6-7,10-11H2,1-2H3. The van der Waals surface area contributed by atoms with Crippen LogP contribution in [0.4, 0.5) is 0 Å². The first-order valence-corrected chi connectivity index (χ1v) is 7.33. The minimum absolute atomic E-state index is 0.328. The van der Waals surface area contributed by atoms with Crippen LogP contribution in [0.15, 0.2) is 24.3 Å². The van der Waals surface area contributed by atoms with Gasteiger partial charge in [0.25, 0.3) is 0 Å². The van der Waals surface area contributed by atoms with Crippen LogP contribution >= 0.6 is 0 Å². The molecule has 0 bridgehead atoms. The van der Waals surface area contributed by atoms with Crippen molar-refractivity contribution < 1.29 is 9.47 Å². The van der Waals surface area contributed by atoms with Gasteiger partial charge >= 0.3 is 0 Å². The zero-order valence-corrected chi connectivity index (χ0v) is 12.6. The van der Waals surface area contributed by atoms with Gasteiger partial charge in [-0.2, -0.15) is 5.10 Å². The van der Waals surface area contributed by atoms with Crippen molar-refractivity contribution in [1.82, 2.24) is 15.1 Å². The monoisotopic (exact) mass is 287 g/mol. The zero-order chi connectivity index (χ0) is 14.7. The third-order valence-corrected chi connectivity index (χ3v) is 3.59. The van der Waals surface area contributed by atoms with Gasteiger partial charge in [-0.3, -0.25) is 4.68 Å². The molecule has 0 saturated heterocycles. The Bertz CT molecular complexity index is 622. The molecule has 0 unspecified atom stereocenters. The second-order valence-corrected chi connectivity index (χ2v) is 5.37. The summed E-state index contributed by atoms with van der Waals surface area (Å²) >= 11 is 0. The quantitative estimate of drug-likeness (QED) is 0.829. The van der Waals surface area contributed by atoms with Crippen LogP contribution in [0.2, 0.25) is 0 Å². The van der Waals surface area contributed by atoms with Gasteiger partial charge in [0, 0.05) is 18.8 Å². The summed E-state index contributed by atoms with van der Waals surface area (Å²) in [7, 11) is 0. The summed E-state index contributed by atoms with van der Waals surface area (Å²) < 4.78 is 12.8. The maximum absolute atomic E-state index is 5.38. The summed E-state index contributed by atoms with van der Waals surface area (Å²) in [4.78, 5) is 0. The molecule has 5 nitrogen and oxygen atoms in total. The second kappa shape index (κ2) is 6.18. The van der Waals surface area contributed by atoms with E-state index in [1.165, 1.54) is 11.3 Å². The summed E-state index contributed by atoms with van der Waals surface area (Å²) in [6.07, 6.45) is 1.06. The van der Waals surface area contributed by atoms with E-state index in [2.05, 4.69) is 34.2 Å². The molecule has 1 aliphatic heterocycles. The molecule has 21 heavy (non-hydrogen) atoms. The number of ether oxygens (including phenoxy) is 2. The zero-order valence-electron chi connectivity index (χ0n) is 12.6. The average molecular weight is 287 g/mol.